The number of aryl methyl sites for hydroxylation is 1. The molecule has 7 heteroatoms. The summed E-state index contributed by atoms with van der Waals surface area (Å²) >= 11 is 0. The number of aromatic nitrogens is 2. The Bertz CT molecular complexity index is 1270. The molecule has 1 amide bonds. The van der Waals surface area contributed by atoms with E-state index >= 15 is 0 Å². The van der Waals surface area contributed by atoms with E-state index in [1.165, 1.54) is 0 Å². The molecule has 1 N–H and O–H groups in total. The molecule has 1 aromatic heterocycles. The lowest BCUT2D eigenvalue weighted by molar-refractivity contribution is 0.0947. The van der Waals surface area contributed by atoms with Crippen LogP contribution in [0, 0.1) is 6.92 Å². The summed E-state index contributed by atoms with van der Waals surface area (Å²) in [6.45, 7) is 2.71. The minimum absolute atomic E-state index is 0.247. The number of amides is 1. The van der Waals surface area contributed by atoms with Gasteiger partial charge in [0.25, 0.3) is 5.91 Å². The summed E-state index contributed by atoms with van der Waals surface area (Å²) < 4.78 is 18.3. The third-order valence-electron chi connectivity index (χ3n) is 5.29. The largest absolute Gasteiger partial charge is 0.497 e. The maximum atomic E-state index is 13.2. The number of methoxy groups -OCH3 is 2. The number of carbonyl (C=O) groups excluding carboxylic acids is 1. The highest BCUT2D eigenvalue weighted by molar-refractivity contribution is 6.00. The molecule has 0 unspecified atom stereocenters. The van der Waals surface area contributed by atoms with E-state index < -0.39 is 0 Å². The fourth-order valence-corrected chi connectivity index (χ4v) is 3.58. The molecule has 4 aromatic rings. The standard InChI is InChI=1S/C27H27N3O4/c1-19-8-7-11-22(16-19)34-15-14-28-27(31)24-18-30(20-9-5-4-6-10-20)29-26(24)23-13-12-21(32-2)17-25(23)33-3/h4-13,16-18H,14-15H2,1-3H3,(H,28,31). The molecule has 0 aliphatic carbocycles. The minimum Gasteiger partial charge on any atom is -0.497 e. The normalized spacial score (nSPS) is 10.6. The van der Waals surface area contributed by atoms with E-state index in [-0.39, 0.29) is 5.91 Å². The highest BCUT2D eigenvalue weighted by atomic mass is 16.5. The molecule has 0 saturated carbocycles. The number of carbonyl (C=O) groups is 1. The molecule has 0 fully saturated rings. The van der Waals surface area contributed by atoms with Gasteiger partial charge in [0.2, 0.25) is 0 Å². The SMILES string of the molecule is COc1ccc(-c2nn(-c3ccccc3)cc2C(=O)NCCOc2cccc(C)c2)c(OC)c1. The van der Waals surface area contributed by atoms with Crippen molar-refractivity contribution in [3.63, 3.8) is 0 Å². The Morgan fingerprint density at radius 2 is 1.76 bits per heavy atom. The first-order valence-electron chi connectivity index (χ1n) is 10.9. The Balaban J connectivity index is 1.59. The van der Waals surface area contributed by atoms with Gasteiger partial charge in [0, 0.05) is 17.8 Å². The number of nitrogens with one attached hydrogen (secondary N) is 1. The number of ether oxygens (including phenoxy) is 3. The van der Waals surface area contributed by atoms with Crippen LogP contribution in [0.25, 0.3) is 16.9 Å². The van der Waals surface area contributed by atoms with Gasteiger partial charge >= 0.3 is 0 Å². The van der Waals surface area contributed by atoms with Gasteiger partial charge in [-0.25, -0.2) is 4.68 Å². The molecule has 34 heavy (non-hydrogen) atoms. The first-order valence-corrected chi connectivity index (χ1v) is 10.9. The van der Waals surface area contributed by atoms with E-state index in [1.54, 1.807) is 31.2 Å². The van der Waals surface area contributed by atoms with E-state index in [4.69, 9.17) is 19.3 Å². The van der Waals surface area contributed by atoms with E-state index in [1.807, 2.05) is 73.7 Å². The van der Waals surface area contributed by atoms with Crippen molar-refractivity contribution in [1.82, 2.24) is 15.1 Å². The van der Waals surface area contributed by atoms with Crippen molar-refractivity contribution in [2.75, 3.05) is 27.4 Å². The van der Waals surface area contributed by atoms with Crippen molar-refractivity contribution >= 4 is 5.91 Å². The molecule has 4 rings (SSSR count). The molecule has 0 spiro atoms. The van der Waals surface area contributed by atoms with Crippen LogP contribution >= 0.6 is 0 Å². The second-order valence-electron chi connectivity index (χ2n) is 7.66. The molecule has 0 atom stereocenters. The molecular formula is C27H27N3O4. The van der Waals surface area contributed by atoms with Crippen LogP contribution in [-0.4, -0.2) is 43.1 Å². The third kappa shape index (κ3) is 5.20. The zero-order valence-electron chi connectivity index (χ0n) is 19.4. The van der Waals surface area contributed by atoms with Crippen molar-refractivity contribution < 1.29 is 19.0 Å². The first-order chi connectivity index (χ1) is 16.6. The Morgan fingerprint density at radius 1 is 0.941 bits per heavy atom. The molecule has 0 aliphatic heterocycles. The Morgan fingerprint density at radius 3 is 2.50 bits per heavy atom. The van der Waals surface area contributed by atoms with Crippen LogP contribution in [0.2, 0.25) is 0 Å². The van der Waals surface area contributed by atoms with Gasteiger partial charge in [-0.05, 0) is 48.9 Å². The minimum atomic E-state index is -0.247. The van der Waals surface area contributed by atoms with Crippen LogP contribution in [-0.2, 0) is 0 Å². The van der Waals surface area contributed by atoms with Crippen molar-refractivity contribution in [2.24, 2.45) is 0 Å². The van der Waals surface area contributed by atoms with E-state index in [0.717, 1.165) is 17.0 Å². The Kier molecular flexibility index (Phi) is 7.13. The summed E-state index contributed by atoms with van der Waals surface area (Å²) in [5, 5.41) is 7.66. The molecule has 7 nitrogen and oxygen atoms in total. The van der Waals surface area contributed by atoms with E-state index in [0.29, 0.717) is 41.5 Å². The summed E-state index contributed by atoms with van der Waals surface area (Å²) in [5.74, 6) is 1.74. The van der Waals surface area contributed by atoms with E-state index in [9.17, 15) is 4.79 Å². The molecular weight excluding hydrogens is 430 g/mol. The number of rotatable bonds is 9. The van der Waals surface area contributed by atoms with Gasteiger partial charge in [-0.2, -0.15) is 5.10 Å². The maximum absolute atomic E-state index is 13.2. The lowest BCUT2D eigenvalue weighted by Crippen LogP contribution is -2.28. The average molecular weight is 458 g/mol. The predicted molar refractivity (Wildman–Crippen MR) is 131 cm³/mol. The van der Waals surface area contributed by atoms with Gasteiger partial charge in [-0.3, -0.25) is 4.79 Å². The molecule has 174 valence electrons. The number of para-hydroxylation sites is 1. The van der Waals surface area contributed by atoms with Crippen molar-refractivity contribution in [2.45, 2.75) is 6.92 Å². The van der Waals surface area contributed by atoms with Gasteiger partial charge < -0.3 is 19.5 Å². The van der Waals surface area contributed by atoms with Crippen molar-refractivity contribution in [3.05, 3.63) is 90.1 Å². The number of hydrogen-bond donors (Lipinski definition) is 1. The summed E-state index contributed by atoms with van der Waals surface area (Å²) in [5.41, 5.74) is 3.61. The second kappa shape index (κ2) is 10.6. The maximum Gasteiger partial charge on any atom is 0.255 e. The van der Waals surface area contributed by atoms with Crippen molar-refractivity contribution in [1.29, 1.82) is 0 Å². The summed E-state index contributed by atoms with van der Waals surface area (Å²) in [4.78, 5) is 13.2. The van der Waals surface area contributed by atoms with Gasteiger partial charge in [0.15, 0.2) is 0 Å². The lowest BCUT2D eigenvalue weighted by atomic mass is 10.1. The van der Waals surface area contributed by atoms with Crippen LogP contribution in [0.5, 0.6) is 17.2 Å². The molecule has 3 aromatic carbocycles. The number of nitrogens with zero attached hydrogens (tertiary/aromatic N) is 2. The zero-order valence-corrected chi connectivity index (χ0v) is 19.4. The molecule has 0 bridgehead atoms. The zero-order chi connectivity index (χ0) is 23.9. The highest BCUT2D eigenvalue weighted by Gasteiger charge is 2.21. The van der Waals surface area contributed by atoms with Crippen molar-refractivity contribution in [3.8, 4) is 34.2 Å². The summed E-state index contributed by atoms with van der Waals surface area (Å²) in [6, 6.07) is 22.9. The van der Waals surface area contributed by atoms with E-state index in [2.05, 4.69) is 5.32 Å². The van der Waals surface area contributed by atoms with Gasteiger partial charge in [-0.1, -0.05) is 30.3 Å². The van der Waals surface area contributed by atoms with Crippen LogP contribution in [0.4, 0.5) is 0 Å². The molecule has 0 saturated heterocycles. The second-order valence-corrected chi connectivity index (χ2v) is 7.66. The quantitative estimate of drug-likeness (QED) is 0.370. The fourth-order valence-electron chi connectivity index (χ4n) is 3.58. The smallest absolute Gasteiger partial charge is 0.255 e. The topological polar surface area (TPSA) is 74.6 Å². The molecule has 0 radical (unpaired) electrons. The monoisotopic (exact) mass is 457 g/mol. The average Bonchev–Trinajstić information content (AvgIpc) is 3.32. The predicted octanol–water partition coefficient (Wildman–Crippen LogP) is 4.67. The lowest BCUT2D eigenvalue weighted by Gasteiger charge is -2.11. The van der Waals surface area contributed by atoms with Crippen LogP contribution in [0.15, 0.2) is 79.0 Å². The van der Waals surface area contributed by atoms with Gasteiger partial charge in [0.05, 0.1) is 32.0 Å². The highest BCUT2D eigenvalue weighted by Crippen LogP contribution is 2.34. The molecule has 0 aliphatic rings. The van der Waals surface area contributed by atoms with Crippen LogP contribution in [0.1, 0.15) is 15.9 Å². The number of hydrogen-bond acceptors (Lipinski definition) is 5. The van der Waals surface area contributed by atoms with Crippen LogP contribution in [0.3, 0.4) is 0 Å². The summed E-state index contributed by atoms with van der Waals surface area (Å²) in [7, 11) is 3.17. The first kappa shape index (κ1) is 22.9. The number of benzene rings is 3. The van der Waals surface area contributed by atoms with Gasteiger partial charge in [-0.15, -0.1) is 0 Å². The van der Waals surface area contributed by atoms with Gasteiger partial charge in [0.1, 0.15) is 29.5 Å². The summed E-state index contributed by atoms with van der Waals surface area (Å²) in [6.07, 6.45) is 1.73. The third-order valence-corrected chi connectivity index (χ3v) is 5.29. The fraction of sp³-hybridized carbons (Fsp3) is 0.185. The Labute approximate surface area is 198 Å². The van der Waals surface area contributed by atoms with Crippen LogP contribution < -0.4 is 19.5 Å². The molecule has 1 heterocycles. The Hall–Kier alpha value is -4.26.